The van der Waals surface area contributed by atoms with Crippen molar-refractivity contribution in [2.45, 2.75) is 64.7 Å². The van der Waals surface area contributed by atoms with Gasteiger partial charge in [-0.25, -0.2) is 0 Å². The Kier molecular flexibility index (Phi) is 18.7. The molecular formula is C19H36LiN2O6+. The topological polar surface area (TPSA) is 127 Å². The van der Waals surface area contributed by atoms with Gasteiger partial charge in [0.05, 0.1) is 39.2 Å². The van der Waals surface area contributed by atoms with Gasteiger partial charge in [-0.05, 0) is 12.8 Å². The molecule has 1 amide bonds. The Hall–Kier alpha value is -1.07. The van der Waals surface area contributed by atoms with Crippen LogP contribution in [0.2, 0.25) is 0 Å². The average molecular weight is 395 g/mol. The maximum atomic E-state index is 11.9. The molecule has 3 N–H and O–H groups in total. The third-order valence-corrected chi connectivity index (χ3v) is 4.78. The molecule has 0 saturated heterocycles. The number of unbranched alkanes of at least 4 members (excludes halogenated alkanes) is 3. The zero-order valence-electron chi connectivity index (χ0n) is 17.6. The number of hydrogen-bond acceptors (Lipinski definition) is 5. The number of carbonyl (C=O) groups is 3. The minimum absolute atomic E-state index is 0. The van der Waals surface area contributed by atoms with Crippen LogP contribution in [0.3, 0.4) is 0 Å². The molecule has 8 nitrogen and oxygen atoms in total. The third-order valence-electron chi connectivity index (χ3n) is 4.78. The van der Waals surface area contributed by atoms with Crippen LogP contribution in [0.1, 0.15) is 64.7 Å². The van der Waals surface area contributed by atoms with E-state index in [1.54, 1.807) is 0 Å². The van der Waals surface area contributed by atoms with Gasteiger partial charge < -0.3 is 29.9 Å². The standard InChI is InChI=1S/C19H36N2O6.Li/c1-2-3-4-5-8-17(23)20-11-14-21(15-16-22,12-6-9-18(24)25)13-7-10-19(26)27;/h22H,2-16H2,1H3,(H2-,20,23,24,25,26,27);/q;+1. The minimum atomic E-state index is -1.12. The first kappa shape index (κ1) is 29.1. The molecule has 0 aliphatic carbocycles. The summed E-state index contributed by atoms with van der Waals surface area (Å²) >= 11 is 0. The first-order valence-corrected chi connectivity index (χ1v) is 9.99. The molecule has 0 aromatic heterocycles. The number of nitrogens with one attached hydrogen (secondary N) is 1. The number of carbonyl (C=O) groups excluding carboxylic acids is 2. The van der Waals surface area contributed by atoms with Gasteiger partial charge in [0.25, 0.3) is 0 Å². The molecule has 0 bridgehead atoms. The van der Waals surface area contributed by atoms with Crippen LogP contribution in [0.5, 0.6) is 0 Å². The predicted octanol–water partition coefficient (Wildman–Crippen LogP) is -2.72. The number of amides is 1. The van der Waals surface area contributed by atoms with Crippen LogP contribution in [0, 0.1) is 0 Å². The maximum absolute atomic E-state index is 11.9. The van der Waals surface area contributed by atoms with E-state index in [1.807, 2.05) is 0 Å². The van der Waals surface area contributed by atoms with E-state index in [4.69, 9.17) is 5.11 Å². The molecule has 9 heteroatoms. The van der Waals surface area contributed by atoms with Gasteiger partial charge in [0.1, 0.15) is 6.54 Å². The molecule has 0 aromatic rings. The Morgan fingerprint density at radius 3 is 2.07 bits per heavy atom. The van der Waals surface area contributed by atoms with Crippen LogP contribution in [0.15, 0.2) is 0 Å². The molecule has 0 rings (SSSR count). The van der Waals surface area contributed by atoms with E-state index in [0.29, 0.717) is 56.5 Å². The van der Waals surface area contributed by atoms with Crippen molar-refractivity contribution in [2.24, 2.45) is 0 Å². The molecule has 1 unspecified atom stereocenters. The number of quaternary nitrogens is 1. The van der Waals surface area contributed by atoms with Crippen LogP contribution in [0.4, 0.5) is 0 Å². The molecular weight excluding hydrogens is 359 g/mol. The summed E-state index contributed by atoms with van der Waals surface area (Å²) in [7, 11) is 0. The van der Waals surface area contributed by atoms with Gasteiger partial charge >= 0.3 is 24.8 Å². The molecule has 0 spiro atoms. The minimum Gasteiger partial charge on any atom is -0.550 e. The summed E-state index contributed by atoms with van der Waals surface area (Å²) in [5.74, 6) is -2.01. The van der Waals surface area contributed by atoms with Crippen molar-refractivity contribution >= 4 is 17.8 Å². The van der Waals surface area contributed by atoms with Gasteiger partial charge in [0.15, 0.2) is 0 Å². The fourth-order valence-electron chi connectivity index (χ4n) is 3.24. The summed E-state index contributed by atoms with van der Waals surface area (Å²) in [5.41, 5.74) is 0. The SMILES string of the molecule is CCCCCCC(=O)NCC[N+](CCO)(CCCC(=O)[O-])CCCC(=O)O.[Li+]. The average Bonchev–Trinajstić information content (AvgIpc) is 2.58. The van der Waals surface area contributed by atoms with Crippen molar-refractivity contribution in [1.29, 1.82) is 0 Å². The number of carboxylic acid groups (broad SMARTS) is 2. The summed E-state index contributed by atoms with van der Waals surface area (Å²) in [6.07, 6.45) is 5.39. The van der Waals surface area contributed by atoms with Crippen molar-refractivity contribution in [3.05, 3.63) is 0 Å². The summed E-state index contributed by atoms with van der Waals surface area (Å²) in [6.45, 7) is 4.41. The van der Waals surface area contributed by atoms with Crippen molar-refractivity contribution in [3.63, 3.8) is 0 Å². The normalized spacial score (nSPS) is 12.6. The van der Waals surface area contributed by atoms with Gasteiger partial charge in [0.2, 0.25) is 5.91 Å². The van der Waals surface area contributed by atoms with Gasteiger partial charge in [-0.3, -0.25) is 9.59 Å². The largest absolute Gasteiger partial charge is 1.00 e. The van der Waals surface area contributed by atoms with E-state index in [-0.39, 0.29) is 44.2 Å². The summed E-state index contributed by atoms with van der Waals surface area (Å²) in [6, 6.07) is 0. The van der Waals surface area contributed by atoms with E-state index in [0.717, 1.165) is 25.7 Å². The van der Waals surface area contributed by atoms with Crippen LogP contribution >= 0.6 is 0 Å². The van der Waals surface area contributed by atoms with Crippen LogP contribution in [0.25, 0.3) is 0 Å². The fourth-order valence-corrected chi connectivity index (χ4v) is 3.24. The van der Waals surface area contributed by atoms with Crippen LogP contribution in [-0.4, -0.2) is 71.9 Å². The second-order valence-corrected chi connectivity index (χ2v) is 7.09. The van der Waals surface area contributed by atoms with E-state index < -0.39 is 11.9 Å². The quantitative estimate of drug-likeness (QED) is 0.132. The molecule has 158 valence electrons. The Balaban J connectivity index is 0. The molecule has 0 fully saturated rings. The Morgan fingerprint density at radius 2 is 1.54 bits per heavy atom. The fraction of sp³-hybridized carbons (Fsp3) is 0.842. The molecule has 0 aromatic carbocycles. The van der Waals surface area contributed by atoms with Crippen molar-refractivity contribution < 1.29 is 53.0 Å². The summed E-state index contributed by atoms with van der Waals surface area (Å²) in [4.78, 5) is 33.4. The number of aliphatic hydroxyl groups excluding tert-OH is 1. The van der Waals surface area contributed by atoms with Crippen LogP contribution < -0.4 is 29.3 Å². The second kappa shape index (κ2) is 18.0. The monoisotopic (exact) mass is 395 g/mol. The zero-order chi connectivity index (χ0) is 20.5. The number of aliphatic hydroxyl groups is 1. The summed E-state index contributed by atoms with van der Waals surface area (Å²) in [5, 5.41) is 31.9. The molecule has 28 heavy (non-hydrogen) atoms. The first-order valence-electron chi connectivity index (χ1n) is 9.99. The van der Waals surface area contributed by atoms with E-state index in [2.05, 4.69) is 12.2 Å². The Morgan fingerprint density at radius 1 is 0.893 bits per heavy atom. The van der Waals surface area contributed by atoms with Gasteiger partial charge in [-0.15, -0.1) is 0 Å². The number of nitrogens with zero attached hydrogens (tertiary/aromatic N) is 1. The maximum Gasteiger partial charge on any atom is 1.00 e. The van der Waals surface area contributed by atoms with Gasteiger partial charge in [0, 0.05) is 25.2 Å². The number of hydrogen-bond donors (Lipinski definition) is 3. The second-order valence-electron chi connectivity index (χ2n) is 7.09. The van der Waals surface area contributed by atoms with Crippen molar-refractivity contribution in [2.75, 3.05) is 39.3 Å². The van der Waals surface area contributed by atoms with Gasteiger partial charge in [-0.1, -0.05) is 26.2 Å². The first-order chi connectivity index (χ1) is 12.8. The number of aliphatic carboxylic acids is 2. The van der Waals surface area contributed by atoms with Crippen LogP contribution in [-0.2, 0) is 14.4 Å². The summed E-state index contributed by atoms with van der Waals surface area (Å²) < 4.78 is 0.396. The molecule has 0 aliphatic rings. The Labute approximate surface area is 180 Å². The zero-order valence-corrected chi connectivity index (χ0v) is 17.6. The predicted molar refractivity (Wildman–Crippen MR) is 99.7 cm³/mol. The van der Waals surface area contributed by atoms with Crippen molar-refractivity contribution in [3.8, 4) is 0 Å². The van der Waals surface area contributed by atoms with E-state index in [1.165, 1.54) is 0 Å². The molecule has 1 atom stereocenters. The van der Waals surface area contributed by atoms with E-state index >= 15 is 0 Å². The molecule has 0 aliphatic heterocycles. The third kappa shape index (κ3) is 15.9. The molecule has 0 saturated carbocycles. The number of rotatable bonds is 18. The van der Waals surface area contributed by atoms with Gasteiger partial charge in [-0.2, -0.15) is 0 Å². The molecule has 0 radical (unpaired) electrons. The smallest absolute Gasteiger partial charge is 0.550 e. The molecule has 0 heterocycles. The number of carboxylic acids is 2. The Bertz CT molecular complexity index is 428. The van der Waals surface area contributed by atoms with Crippen molar-refractivity contribution in [1.82, 2.24) is 5.32 Å². The van der Waals surface area contributed by atoms with E-state index in [9.17, 15) is 24.6 Å².